The van der Waals surface area contributed by atoms with Crippen molar-refractivity contribution in [3.63, 3.8) is 0 Å². The second-order valence-corrected chi connectivity index (χ2v) is 7.58. The van der Waals surface area contributed by atoms with Crippen LogP contribution in [0.15, 0.2) is 35.2 Å². The number of aromatic nitrogens is 1. The van der Waals surface area contributed by atoms with Crippen LogP contribution in [0, 0.1) is 11.8 Å². The highest BCUT2D eigenvalue weighted by molar-refractivity contribution is 7.07. The van der Waals surface area contributed by atoms with Crippen LogP contribution in [0.1, 0.15) is 16.1 Å². The standard InChI is InChI=1S/C17H18ClN3OS/c18-15-3-1-2-12(4-15)5-20-6-13-8-21(9-14(13)7-20)17(22)16-10-23-11-19-16/h1-4,10-11,13-14H,5-9H2. The molecule has 0 radical (unpaired) electrons. The van der Waals surface area contributed by atoms with Gasteiger partial charge in [0.15, 0.2) is 0 Å². The van der Waals surface area contributed by atoms with Gasteiger partial charge >= 0.3 is 0 Å². The summed E-state index contributed by atoms with van der Waals surface area (Å²) in [6, 6.07) is 8.07. The molecule has 1 aromatic heterocycles. The number of hydrogen-bond acceptors (Lipinski definition) is 4. The van der Waals surface area contributed by atoms with E-state index < -0.39 is 0 Å². The largest absolute Gasteiger partial charge is 0.337 e. The molecule has 0 N–H and O–H groups in total. The third-order valence-electron chi connectivity index (χ3n) is 4.80. The topological polar surface area (TPSA) is 36.4 Å². The van der Waals surface area contributed by atoms with E-state index in [2.05, 4.69) is 16.0 Å². The van der Waals surface area contributed by atoms with Crippen molar-refractivity contribution in [1.29, 1.82) is 0 Å². The summed E-state index contributed by atoms with van der Waals surface area (Å²) < 4.78 is 0. The lowest BCUT2D eigenvalue weighted by molar-refractivity contribution is 0.0768. The number of amides is 1. The normalized spacial score (nSPS) is 24.1. The van der Waals surface area contributed by atoms with Crippen molar-refractivity contribution in [2.24, 2.45) is 11.8 Å². The fraction of sp³-hybridized carbons (Fsp3) is 0.412. The number of rotatable bonds is 3. The smallest absolute Gasteiger partial charge is 0.273 e. The first-order valence-corrected chi connectivity index (χ1v) is 9.15. The van der Waals surface area contributed by atoms with Gasteiger partial charge in [-0.3, -0.25) is 9.69 Å². The Hall–Kier alpha value is -1.43. The van der Waals surface area contributed by atoms with E-state index in [0.717, 1.165) is 37.7 Å². The van der Waals surface area contributed by atoms with Crippen LogP contribution in [-0.2, 0) is 6.54 Å². The molecule has 2 aliphatic rings. The minimum atomic E-state index is 0.0852. The lowest BCUT2D eigenvalue weighted by Crippen LogP contribution is -2.33. The third-order valence-corrected chi connectivity index (χ3v) is 5.62. The molecule has 0 saturated carbocycles. The van der Waals surface area contributed by atoms with Crippen LogP contribution >= 0.6 is 22.9 Å². The van der Waals surface area contributed by atoms with Crippen molar-refractivity contribution < 1.29 is 4.79 Å². The Labute approximate surface area is 144 Å². The SMILES string of the molecule is O=C(c1cscn1)N1CC2CN(Cc3cccc(Cl)c3)CC2C1. The fourth-order valence-corrected chi connectivity index (χ4v) is 4.50. The zero-order valence-corrected chi connectivity index (χ0v) is 14.3. The monoisotopic (exact) mass is 347 g/mol. The maximum absolute atomic E-state index is 12.4. The number of halogens is 1. The Morgan fingerprint density at radius 3 is 2.70 bits per heavy atom. The zero-order valence-electron chi connectivity index (χ0n) is 12.7. The van der Waals surface area contributed by atoms with Crippen LogP contribution in [0.25, 0.3) is 0 Å². The van der Waals surface area contributed by atoms with Gasteiger partial charge in [0.05, 0.1) is 5.51 Å². The van der Waals surface area contributed by atoms with E-state index in [9.17, 15) is 4.79 Å². The lowest BCUT2D eigenvalue weighted by Gasteiger charge is -2.21. The molecule has 1 aromatic carbocycles. The second-order valence-electron chi connectivity index (χ2n) is 6.43. The molecule has 2 aliphatic heterocycles. The number of thiazole rings is 1. The van der Waals surface area contributed by atoms with Crippen molar-refractivity contribution in [3.05, 3.63) is 51.4 Å². The number of likely N-dealkylation sites (tertiary alicyclic amines) is 2. The molecule has 6 heteroatoms. The fourth-order valence-electron chi connectivity index (χ4n) is 3.76. The van der Waals surface area contributed by atoms with Crippen molar-refractivity contribution in [3.8, 4) is 0 Å². The number of hydrogen-bond donors (Lipinski definition) is 0. The first-order valence-electron chi connectivity index (χ1n) is 7.83. The van der Waals surface area contributed by atoms with Crippen molar-refractivity contribution in [1.82, 2.24) is 14.8 Å². The summed E-state index contributed by atoms with van der Waals surface area (Å²) in [5.74, 6) is 1.25. The van der Waals surface area contributed by atoms with E-state index in [4.69, 9.17) is 11.6 Å². The summed E-state index contributed by atoms with van der Waals surface area (Å²) in [7, 11) is 0. The first kappa shape index (κ1) is 15.1. The molecule has 3 heterocycles. The van der Waals surface area contributed by atoms with Crippen LogP contribution in [0.5, 0.6) is 0 Å². The molecule has 0 spiro atoms. The molecule has 2 unspecified atom stereocenters. The Bertz CT molecular complexity index is 692. The number of fused-ring (bicyclic) bond motifs is 1. The van der Waals surface area contributed by atoms with Crippen molar-refractivity contribution in [2.45, 2.75) is 6.54 Å². The Morgan fingerprint density at radius 2 is 2.04 bits per heavy atom. The molecule has 23 heavy (non-hydrogen) atoms. The van der Waals surface area contributed by atoms with Gasteiger partial charge in [-0.05, 0) is 29.5 Å². The van der Waals surface area contributed by atoms with E-state index in [1.807, 2.05) is 28.5 Å². The zero-order chi connectivity index (χ0) is 15.8. The van der Waals surface area contributed by atoms with Crippen LogP contribution in [0.2, 0.25) is 5.02 Å². The molecule has 4 rings (SSSR count). The van der Waals surface area contributed by atoms with Crippen LogP contribution in [0.3, 0.4) is 0 Å². The highest BCUT2D eigenvalue weighted by atomic mass is 35.5. The maximum atomic E-state index is 12.4. The van der Waals surface area contributed by atoms with Gasteiger partial charge in [0.2, 0.25) is 0 Å². The van der Waals surface area contributed by atoms with E-state index >= 15 is 0 Å². The molecule has 2 aromatic rings. The summed E-state index contributed by atoms with van der Waals surface area (Å²) in [6.45, 7) is 4.75. The minimum Gasteiger partial charge on any atom is -0.337 e. The molecule has 1 amide bonds. The molecular formula is C17H18ClN3OS. The van der Waals surface area contributed by atoms with Crippen molar-refractivity contribution in [2.75, 3.05) is 26.2 Å². The van der Waals surface area contributed by atoms with Gasteiger partial charge in [-0.1, -0.05) is 23.7 Å². The van der Waals surface area contributed by atoms with E-state index in [-0.39, 0.29) is 5.91 Å². The van der Waals surface area contributed by atoms with Gasteiger partial charge in [0.25, 0.3) is 5.91 Å². The summed E-state index contributed by atoms with van der Waals surface area (Å²) in [5, 5.41) is 2.63. The van der Waals surface area contributed by atoms with Gasteiger partial charge in [-0.15, -0.1) is 11.3 Å². The molecule has 2 fully saturated rings. The molecule has 4 nitrogen and oxygen atoms in total. The van der Waals surface area contributed by atoms with Gasteiger partial charge in [0.1, 0.15) is 5.69 Å². The highest BCUT2D eigenvalue weighted by Gasteiger charge is 2.41. The van der Waals surface area contributed by atoms with Gasteiger partial charge in [-0.25, -0.2) is 4.98 Å². The van der Waals surface area contributed by atoms with Gasteiger partial charge < -0.3 is 4.90 Å². The lowest BCUT2D eigenvalue weighted by atomic mass is 10.0. The second kappa shape index (κ2) is 6.23. The molecule has 2 atom stereocenters. The van der Waals surface area contributed by atoms with E-state index in [1.165, 1.54) is 16.9 Å². The summed E-state index contributed by atoms with van der Waals surface area (Å²) in [5.41, 5.74) is 3.57. The Balaban J connectivity index is 1.36. The van der Waals surface area contributed by atoms with E-state index in [1.54, 1.807) is 5.51 Å². The van der Waals surface area contributed by atoms with Crippen LogP contribution in [-0.4, -0.2) is 46.9 Å². The summed E-state index contributed by atoms with van der Waals surface area (Å²) >= 11 is 7.53. The molecule has 2 saturated heterocycles. The number of nitrogens with zero attached hydrogens (tertiary/aromatic N) is 3. The molecular weight excluding hydrogens is 330 g/mol. The summed E-state index contributed by atoms with van der Waals surface area (Å²) in [4.78, 5) is 21.0. The average molecular weight is 348 g/mol. The van der Waals surface area contributed by atoms with Gasteiger partial charge in [0, 0.05) is 43.1 Å². The predicted molar refractivity (Wildman–Crippen MR) is 91.7 cm³/mol. The number of carbonyl (C=O) groups excluding carboxylic acids is 1. The Kier molecular flexibility index (Phi) is 4.09. The Morgan fingerprint density at radius 1 is 1.26 bits per heavy atom. The first-order chi connectivity index (χ1) is 11.2. The van der Waals surface area contributed by atoms with Crippen LogP contribution < -0.4 is 0 Å². The summed E-state index contributed by atoms with van der Waals surface area (Å²) in [6.07, 6.45) is 0. The molecule has 120 valence electrons. The average Bonchev–Trinajstić information content (AvgIpc) is 3.22. The number of benzene rings is 1. The maximum Gasteiger partial charge on any atom is 0.273 e. The predicted octanol–water partition coefficient (Wildman–Crippen LogP) is 3.00. The third kappa shape index (κ3) is 3.13. The number of carbonyl (C=O) groups is 1. The van der Waals surface area contributed by atoms with Gasteiger partial charge in [-0.2, -0.15) is 0 Å². The molecule has 0 aliphatic carbocycles. The van der Waals surface area contributed by atoms with E-state index in [0.29, 0.717) is 17.5 Å². The minimum absolute atomic E-state index is 0.0852. The molecule has 0 bridgehead atoms. The van der Waals surface area contributed by atoms with Crippen LogP contribution in [0.4, 0.5) is 0 Å². The highest BCUT2D eigenvalue weighted by Crippen LogP contribution is 2.32. The van der Waals surface area contributed by atoms with Crippen molar-refractivity contribution >= 4 is 28.8 Å². The quantitative estimate of drug-likeness (QED) is 0.856.